The van der Waals surface area contributed by atoms with Crippen LogP contribution in [0.1, 0.15) is 13.8 Å². The molecule has 0 bridgehead atoms. The standard InChI is InChI=1S/C11H12O4/c1-3-7-4-8(10(12)13)5-9(6(7)2)11(14)15/h3-6H,1-2H3,(H,12,13)(H,14,15). The average Bonchev–Trinajstić information content (AvgIpc) is 2.17. The molecule has 1 unspecified atom stereocenters. The van der Waals surface area contributed by atoms with E-state index >= 15 is 0 Å². The van der Waals surface area contributed by atoms with Gasteiger partial charge in [0.15, 0.2) is 0 Å². The third kappa shape index (κ3) is 2.15. The van der Waals surface area contributed by atoms with Gasteiger partial charge in [0.2, 0.25) is 0 Å². The van der Waals surface area contributed by atoms with Crippen molar-refractivity contribution in [2.24, 2.45) is 5.92 Å². The maximum absolute atomic E-state index is 10.9. The van der Waals surface area contributed by atoms with Gasteiger partial charge in [-0.25, -0.2) is 9.59 Å². The Morgan fingerprint density at radius 1 is 1.27 bits per heavy atom. The number of carboxylic acids is 2. The van der Waals surface area contributed by atoms with Crippen LogP contribution in [-0.2, 0) is 9.59 Å². The largest absolute Gasteiger partial charge is 0.478 e. The summed E-state index contributed by atoms with van der Waals surface area (Å²) < 4.78 is 0. The lowest BCUT2D eigenvalue weighted by Gasteiger charge is -2.18. The van der Waals surface area contributed by atoms with E-state index in [9.17, 15) is 9.59 Å². The first-order chi connectivity index (χ1) is 6.97. The molecule has 0 heterocycles. The lowest BCUT2D eigenvalue weighted by atomic mass is 9.85. The molecule has 1 aliphatic carbocycles. The minimum absolute atomic E-state index is 0.0126. The van der Waals surface area contributed by atoms with Gasteiger partial charge in [-0.3, -0.25) is 0 Å². The number of carboxylic acid groups (broad SMARTS) is 2. The quantitative estimate of drug-likeness (QED) is 0.722. The Morgan fingerprint density at radius 2 is 1.87 bits per heavy atom. The first-order valence-electron chi connectivity index (χ1n) is 4.53. The van der Waals surface area contributed by atoms with E-state index in [-0.39, 0.29) is 17.1 Å². The Morgan fingerprint density at radius 3 is 2.27 bits per heavy atom. The molecule has 0 fully saturated rings. The number of rotatable bonds is 2. The molecule has 0 aromatic rings. The number of aliphatic carboxylic acids is 2. The Bertz CT molecular complexity index is 399. The van der Waals surface area contributed by atoms with Crippen LogP contribution in [0.3, 0.4) is 0 Å². The SMILES string of the molecule is CC=C1C=C(C(=O)O)C=C(C(=O)O)C1C. The highest BCUT2D eigenvalue weighted by atomic mass is 16.4. The van der Waals surface area contributed by atoms with Crippen molar-refractivity contribution in [3.8, 4) is 0 Å². The molecular weight excluding hydrogens is 196 g/mol. The van der Waals surface area contributed by atoms with Crippen molar-refractivity contribution < 1.29 is 19.8 Å². The van der Waals surface area contributed by atoms with Gasteiger partial charge < -0.3 is 10.2 Å². The molecule has 4 heteroatoms. The zero-order valence-corrected chi connectivity index (χ0v) is 8.52. The number of hydrogen-bond donors (Lipinski definition) is 2. The van der Waals surface area contributed by atoms with Crippen molar-refractivity contribution in [3.63, 3.8) is 0 Å². The normalized spacial score (nSPS) is 23.3. The van der Waals surface area contributed by atoms with Gasteiger partial charge in [-0.2, -0.15) is 0 Å². The molecule has 0 saturated heterocycles. The highest BCUT2D eigenvalue weighted by molar-refractivity contribution is 5.97. The molecule has 15 heavy (non-hydrogen) atoms. The lowest BCUT2D eigenvalue weighted by Crippen LogP contribution is -2.17. The van der Waals surface area contributed by atoms with Crippen LogP contribution < -0.4 is 0 Å². The summed E-state index contributed by atoms with van der Waals surface area (Å²) >= 11 is 0. The predicted molar refractivity (Wildman–Crippen MR) is 54.4 cm³/mol. The Labute approximate surface area is 87.2 Å². The van der Waals surface area contributed by atoms with E-state index in [2.05, 4.69) is 0 Å². The molecule has 0 radical (unpaired) electrons. The molecule has 4 nitrogen and oxygen atoms in total. The summed E-state index contributed by atoms with van der Waals surface area (Å²) in [6.07, 6.45) is 4.44. The second-order valence-corrected chi connectivity index (χ2v) is 3.32. The number of hydrogen-bond acceptors (Lipinski definition) is 2. The third-order valence-corrected chi connectivity index (χ3v) is 2.43. The van der Waals surface area contributed by atoms with E-state index in [1.807, 2.05) is 0 Å². The summed E-state index contributed by atoms with van der Waals surface area (Å²) in [5.41, 5.74) is 0.842. The molecule has 0 saturated carbocycles. The van der Waals surface area contributed by atoms with E-state index in [4.69, 9.17) is 10.2 Å². The molecule has 2 N–H and O–H groups in total. The highest BCUT2D eigenvalue weighted by Crippen LogP contribution is 2.28. The van der Waals surface area contributed by atoms with Crippen LogP contribution in [0.5, 0.6) is 0 Å². The van der Waals surface area contributed by atoms with Gasteiger partial charge in [-0.1, -0.05) is 13.0 Å². The molecule has 1 atom stereocenters. The molecule has 1 aliphatic rings. The Hall–Kier alpha value is -1.84. The number of carbonyl (C=O) groups is 2. The summed E-state index contributed by atoms with van der Waals surface area (Å²) in [6, 6.07) is 0. The minimum Gasteiger partial charge on any atom is -0.478 e. The van der Waals surface area contributed by atoms with E-state index in [1.165, 1.54) is 12.2 Å². The van der Waals surface area contributed by atoms with Crippen molar-refractivity contribution in [2.45, 2.75) is 13.8 Å². The summed E-state index contributed by atoms with van der Waals surface area (Å²) in [7, 11) is 0. The highest BCUT2D eigenvalue weighted by Gasteiger charge is 2.24. The van der Waals surface area contributed by atoms with Gasteiger partial charge in [-0.05, 0) is 24.6 Å². The smallest absolute Gasteiger partial charge is 0.335 e. The molecular formula is C11H12O4. The summed E-state index contributed by atoms with van der Waals surface area (Å²) in [6.45, 7) is 3.50. The van der Waals surface area contributed by atoms with E-state index in [1.54, 1.807) is 19.9 Å². The van der Waals surface area contributed by atoms with Gasteiger partial charge in [0.1, 0.15) is 0 Å². The van der Waals surface area contributed by atoms with Gasteiger partial charge in [0.25, 0.3) is 0 Å². The van der Waals surface area contributed by atoms with Crippen LogP contribution in [-0.4, -0.2) is 22.2 Å². The second-order valence-electron chi connectivity index (χ2n) is 3.32. The summed E-state index contributed by atoms with van der Waals surface area (Å²) in [5, 5.41) is 17.7. The lowest BCUT2D eigenvalue weighted by molar-refractivity contribution is -0.133. The van der Waals surface area contributed by atoms with E-state index < -0.39 is 11.9 Å². The minimum atomic E-state index is -1.11. The zero-order valence-electron chi connectivity index (χ0n) is 8.52. The van der Waals surface area contributed by atoms with Crippen LogP contribution in [0.25, 0.3) is 0 Å². The first kappa shape index (κ1) is 11.2. The van der Waals surface area contributed by atoms with Gasteiger partial charge in [0, 0.05) is 11.5 Å². The summed E-state index contributed by atoms with van der Waals surface area (Å²) in [4.78, 5) is 21.6. The van der Waals surface area contributed by atoms with Crippen molar-refractivity contribution in [1.29, 1.82) is 0 Å². The topological polar surface area (TPSA) is 74.6 Å². The van der Waals surface area contributed by atoms with E-state index in [0.717, 1.165) is 0 Å². The maximum Gasteiger partial charge on any atom is 0.335 e. The predicted octanol–water partition coefficient (Wildman–Crippen LogP) is 1.60. The number of allylic oxidation sites excluding steroid dienone is 3. The fourth-order valence-corrected chi connectivity index (χ4v) is 1.52. The van der Waals surface area contributed by atoms with Crippen LogP contribution in [0.2, 0.25) is 0 Å². The van der Waals surface area contributed by atoms with Gasteiger partial charge >= 0.3 is 11.9 Å². The van der Waals surface area contributed by atoms with Gasteiger partial charge in [-0.15, -0.1) is 0 Å². The van der Waals surface area contributed by atoms with Crippen molar-refractivity contribution >= 4 is 11.9 Å². The summed E-state index contributed by atoms with van der Waals surface area (Å²) in [5.74, 6) is -2.45. The second kappa shape index (κ2) is 4.13. The maximum atomic E-state index is 10.9. The molecule has 0 aromatic carbocycles. The Balaban J connectivity index is 3.24. The van der Waals surface area contributed by atoms with Crippen molar-refractivity contribution in [3.05, 3.63) is 34.9 Å². The molecule has 0 aliphatic heterocycles. The first-order valence-corrected chi connectivity index (χ1v) is 4.53. The van der Waals surface area contributed by atoms with Crippen LogP contribution in [0.15, 0.2) is 34.9 Å². The van der Waals surface area contributed by atoms with Crippen LogP contribution in [0.4, 0.5) is 0 Å². The molecule has 80 valence electrons. The molecule has 1 rings (SSSR count). The fraction of sp³-hybridized carbons (Fsp3) is 0.273. The molecule has 0 amide bonds. The van der Waals surface area contributed by atoms with Crippen molar-refractivity contribution in [1.82, 2.24) is 0 Å². The van der Waals surface area contributed by atoms with Crippen molar-refractivity contribution in [2.75, 3.05) is 0 Å². The van der Waals surface area contributed by atoms with Crippen LogP contribution >= 0.6 is 0 Å². The van der Waals surface area contributed by atoms with Crippen LogP contribution in [0, 0.1) is 5.92 Å². The van der Waals surface area contributed by atoms with E-state index in [0.29, 0.717) is 5.57 Å². The fourth-order valence-electron chi connectivity index (χ4n) is 1.52. The molecule has 0 spiro atoms. The third-order valence-electron chi connectivity index (χ3n) is 2.43. The molecule has 0 aromatic heterocycles. The zero-order chi connectivity index (χ0) is 11.6. The monoisotopic (exact) mass is 208 g/mol. The Kier molecular flexibility index (Phi) is 3.09. The average molecular weight is 208 g/mol. The van der Waals surface area contributed by atoms with Gasteiger partial charge in [0.05, 0.1) is 5.57 Å².